The monoisotopic (exact) mass is 301 g/mol. The molecule has 0 saturated carbocycles. The maximum absolute atomic E-state index is 5.70. The number of aromatic nitrogens is 2. The third-order valence-electron chi connectivity index (χ3n) is 4.20. The first kappa shape index (κ1) is 15.1. The van der Waals surface area contributed by atoms with Crippen LogP contribution in [-0.2, 0) is 11.3 Å². The minimum Gasteiger partial charge on any atom is -0.497 e. The molecule has 3 rings (SSSR count). The number of nitrogens with zero attached hydrogens (tertiary/aromatic N) is 2. The summed E-state index contributed by atoms with van der Waals surface area (Å²) in [6.07, 6.45) is 0. The van der Waals surface area contributed by atoms with Crippen LogP contribution in [-0.4, -0.2) is 41.7 Å². The highest BCUT2D eigenvalue weighted by molar-refractivity contribution is 5.29. The lowest BCUT2D eigenvalue weighted by Gasteiger charge is -2.35. The summed E-state index contributed by atoms with van der Waals surface area (Å²) in [5.41, 5.74) is 3.53. The molecule has 1 saturated heterocycles. The summed E-state index contributed by atoms with van der Waals surface area (Å²) in [6.45, 7) is 7.33. The molecule has 0 bridgehead atoms. The van der Waals surface area contributed by atoms with E-state index in [1.165, 1.54) is 5.56 Å². The molecule has 1 unspecified atom stereocenters. The molecule has 0 aliphatic carbocycles. The summed E-state index contributed by atoms with van der Waals surface area (Å²) in [4.78, 5) is 10.3. The minimum atomic E-state index is 0.260. The topological polar surface area (TPSA) is 50.4 Å². The van der Waals surface area contributed by atoms with Gasteiger partial charge in [0.2, 0.25) is 0 Å². The van der Waals surface area contributed by atoms with Gasteiger partial charge in [0.1, 0.15) is 11.6 Å². The Morgan fingerprint density at radius 3 is 2.73 bits per heavy atom. The average Bonchev–Trinajstić information content (AvgIpc) is 2.86. The standard InChI is InChI=1S/C17H23N3O2/c1-12-16(19-13(2)18-12)10-20-8-9-22-11-17(20)14-4-6-15(21-3)7-5-14/h4-7,17H,8-11H2,1-3H3,(H,18,19). The largest absolute Gasteiger partial charge is 0.497 e. The van der Waals surface area contributed by atoms with Crippen molar-refractivity contribution in [3.05, 3.63) is 47.0 Å². The van der Waals surface area contributed by atoms with Gasteiger partial charge in [0.15, 0.2) is 0 Å². The van der Waals surface area contributed by atoms with Crippen LogP contribution in [0.5, 0.6) is 5.75 Å². The van der Waals surface area contributed by atoms with E-state index in [-0.39, 0.29) is 6.04 Å². The van der Waals surface area contributed by atoms with E-state index in [1.54, 1.807) is 7.11 Å². The number of H-pyrrole nitrogens is 1. The van der Waals surface area contributed by atoms with Crippen molar-refractivity contribution in [2.45, 2.75) is 26.4 Å². The quantitative estimate of drug-likeness (QED) is 0.943. The molecule has 5 nitrogen and oxygen atoms in total. The first-order chi connectivity index (χ1) is 10.7. The Bertz CT molecular complexity index is 621. The Morgan fingerprint density at radius 1 is 1.32 bits per heavy atom. The zero-order valence-electron chi connectivity index (χ0n) is 13.4. The Morgan fingerprint density at radius 2 is 2.09 bits per heavy atom. The van der Waals surface area contributed by atoms with Crippen LogP contribution in [0.25, 0.3) is 0 Å². The van der Waals surface area contributed by atoms with Gasteiger partial charge in [-0.2, -0.15) is 0 Å². The number of nitrogens with one attached hydrogen (secondary N) is 1. The maximum atomic E-state index is 5.70. The number of hydrogen-bond acceptors (Lipinski definition) is 4. The fourth-order valence-corrected chi connectivity index (χ4v) is 2.96. The number of aryl methyl sites for hydroxylation is 2. The lowest BCUT2D eigenvalue weighted by molar-refractivity contribution is -0.0133. The van der Waals surface area contributed by atoms with Crippen molar-refractivity contribution >= 4 is 0 Å². The van der Waals surface area contributed by atoms with E-state index < -0.39 is 0 Å². The average molecular weight is 301 g/mol. The number of ether oxygens (including phenoxy) is 2. The van der Waals surface area contributed by atoms with E-state index in [9.17, 15) is 0 Å². The number of methoxy groups -OCH3 is 1. The highest BCUT2D eigenvalue weighted by Gasteiger charge is 2.25. The van der Waals surface area contributed by atoms with Crippen LogP contribution in [0.4, 0.5) is 0 Å². The lowest BCUT2D eigenvalue weighted by Crippen LogP contribution is -2.39. The van der Waals surface area contributed by atoms with Crippen molar-refractivity contribution in [3.8, 4) is 5.75 Å². The molecule has 1 aliphatic rings. The van der Waals surface area contributed by atoms with Crippen molar-refractivity contribution in [1.82, 2.24) is 14.9 Å². The van der Waals surface area contributed by atoms with E-state index >= 15 is 0 Å². The van der Waals surface area contributed by atoms with Gasteiger partial charge in [-0.15, -0.1) is 0 Å². The molecule has 1 aromatic carbocycles. The Labute approximate surface area is 131 Å². The predicted octanol–water partition coefficient (Wildman–Crippen LogP) is 2.61. The summed E-state index contributed by atoms with van der Waals surface area (Å²) in [5, 5.41) is 0. The fourth-order valence-electron chi connectivity index (χ4n) is 2.96. The summed E-state index contributed by atoms with van der Waals surface area (Å²) in [6, 6.07) is 8.51. The van der Waals surface area contributed by atoms with Gasteiger partial charge in [-0.1, -0.05) is 12.1 Å². The molecule has 0 amide bonds. The van der Waals surface area contributed by atoms with E-state index in [0.717, 1.165) is 49.3 Å². The molecule has 2 heterocycles. The van der Waals surface area contributed by atoms with Crippen LogP contribution in [0.3, 0.4) is 0 Å². The highest BCUT2D eigenvalue weighted by atomic mass is 16.5. The van der Waals surface area contributed by atoms with Gasteiger partial charge in [0.25, 0.3) is 0 Å². The normalized spacial score (nSPS) is 19.3. The summed E-state index contributed by atoms with van der Waals surface area (Å²) >= 11 is 0. The molecule has 1 atom stereocenters. The molecule has 2 aromatic rings. The molecule has 0 spiro atoms. The van der Waals surface area contributed by atoms with Crippen LogP contribution in [0.2, 0.25) is 0 Å². The first-order valence-corrected chi connectivity index (χ1v) is 7.65. The third kappa shape index (κ3) is 3.15. The molecule has 1 aromatic heterocycles. The number of benzene rings is 1. The molecule has 1 aliphatic heterocycles. The van der Waals surface area contributed by atoms with Crippen molar-refractivity contribution in [1.29, 1.82) is 0 Å². The van der Waals surface area contributed by atoms with Crippen molar-refractivity contribution in [2.75, 3.05) is 26.9 Å². The van der Waals surface area contributed by atoms with Gasteiger partial charge in [-0.25, -0.2) is 4.98 Å². The van der Waals surface area contributed by atoms with E-state index in [4.69, 9.17) is 9.47 Å². The number of aromatic amines is 1. The van der Waals surface area contributed by atoms with Crippen LogP contribution >= 0.6 is 0 Å². The summed E-state index contributed by atoms with van der Waals surface area (Å²) < 4.78 is 10.9. The molecule has 0 radical (unpaired) electrons. The maximum Gasteiger partial charge on any atom is 0.118 e. The Hall–Kier alpha value is -1.85. The zero-order chi connectivity index (χ0) is 15.5. The van der Waals surface area contributed by atoms with Gasteiger partial charge in [-0.05, 0) is 31.5 Å². The van der Waals surface area contributed by atoms with Crippen molar-refractivity contribution < 1.29 is 9.47 Å². The molecule has 5 heteroatoms. The van der Waals surface area contributed by atoms with E-state index in [1.807, 2.05) is 19.1 Å². The van der Waals surface area contributed by atoms with Gasteiger partial charge in [0, 0.05) is 18.8 Å². The van der Waals surface area contributed by atoms with E-state index in [2.05, 4.69) is 33.9 Å². The fraction of sp³-hybridized carbons (Fsp3) is 0.471. The van der Waals surface area contributed by atoms with Crippen LogP contribution in [0, 0.1) is 13.8 Å². The number of morpholine rings is 1. The van der Waals surface area contributed by atoms with Gasteiger partial charge in [0.05, 0.1) is 32.1 Å². The predicted molar refractivity (Wildman–Crippen MR) is 85.0 cm³/mol. The molecular weight excluding hydrogens is 278 g/mol. The highest BCUT2D eigenvalue weighted by Crippen LogP contribution is 2.27. The van der Waals surface area contributed by atoms with Crippen LogP contribution < -0.4 is 4.74 Å². The van der Waals surface area contributed by atoms with Crippen molar-refractivity contribution in [3.63, 3.8) is 0 Å². The summed E-state index contributed by atoms with van der Waals surface area (Å²) in [7, 11) is 1.69. The zero-order valence-corrected chi connectivity index (χ0v) is 13.4. The Balaban J connectivity index is 1.79. The lowest BCUT2D eigenvalue weighted by atomic mass is 10.0. The van der Waals surface area contributed by atoms with Gasteiger partial charge in [-0.3, -0.25) is 4.90 Å². The smallest absolute Gasteiger partial charge is 0.118 e. The molecule has 118 valence electrons. The van der Waals surface area contributed by atoms with Crippen LogP contribution in [0.15, 0.2) is 24.3 Å². The SMILES string of the molecule is COc1ccc(C2COCCN2Cc2nc(C)[nH]c2C)cc1. The first-order valence-electron chi connectivity index (χ1n) is 7.65. The second-order valence-corrected chi connectivity index (χ2v) is 5.73. The minimum absolute atomic E-state index is 0.260. The third-order valence-corrected chi connectivity index (χ3v) is 4.20. The summed E-state index contributed by atoms with van der Waals surface area (Å²) in [5.74, 6) is 1.85. The second-order valence-electron chi connectivity index (χ2n) is 5.73. The molecule has 1 N–H and O–H groups in total. The van der Waals surface area contributed by atoms with Crippen molar-refractivity contribution in [2.24, 2.45) is 0 Å². The van der Waals surface area contributed by atoms with E-state index in [0.29, 0.717) is 0 Å². The van der Waals surface area contributed by atoms with Gasteiger partial charge < -0.3 is 14.5 Å². The number of imidazole rings is 1. The number of rotatable bonds is 4. The Kier molecular flexibility index (Phi) is 4.45. The second kappa shape index (κ2) is 6.50. The molecule has 1 fully saturated rings. The molecular formula is C17H23N3O2. The number of hydrogen-bond donors (Lipinski definition) is 1. The van der Waals surface area contributed by atoms with Crippen LogP contribution in [0.1, 0.15) is 28.8 Å². The molecule has 22 heavy (non-hydrogen) atoms. The van der Waals surface area contributed by atoms with Gasteiger partial charge >= 0.3 is 0 Å².